The normalized spacial score (nSPS) is 8.85. The molecule has 3 N–H and O–H groups in total. The highest BCUT2D eigenvalue weighted by Gasteiger charge is 2.10. The van der Waals surface area contributed by atoms with Gasteiger partial charge in [-0.25, -0.2) is 10.8 Å². The van der Waals surface area contributed by atoms with Crippen molar-refractivity contribution in [2.45, 2.75) is 0 Å². The number of carbonyl (C=O) groups excluding carboxylic acids is 1. The number of aromatic nitrogens is 1. The Kier molecular flexibility index (Phi) is 5.54. The number of hydrazine groups is 1. The summed E-state index contributed by atoms with van der Waals surface area (Å²) in [5, 5.41) is 0.303. The molecule has 7 heteroatoms. The molecule has 0 saturated heterocycles. The molecule has 0 radical (unpaired) electrons. The molecule has 1 aromatic heterocycles. The third-order valence-corrected chi connectivity index (χ3v) is 2.92. The molecule has 0 aliphatic heterocycles. The molecule has 1 rings (SSSR count). The van der Waals surface area contributed by atoms with Crippen LogP contribution in [0.5, 0.6) is 0 Å². The number of nitrogen functional groups attached to an aromatic ring is 1. The van der Waals surface area contributed by atoms with E-state index in [1.807, 2.05) is 28.0 Å². The zero-order valence-electron chi connectivity index (χ0n) is 6.25. The van der Waals surface area contributed by atoms with Gasteiger partial charge in [0.1, 0.15) is 5.15 Å². The van der Waals surface area contributed by atoms with Crippen LogP contribution in [0.2, 0.25) is 5.15 Å². The van der Waals surface area contributed by atoms with Crippen LogP contribution in [0.4, 0.5) is 0 Å². The second-order valence-corrected chi connectivity index (χ2v) is 3.37. The third-order valence-electron chi connectivity index (χ3n) is 1.22. The molecule has 0 saturated carbocycles. The number of nitrogens with one attached hydrogen (secondary N) is 1. The predicted octanol–water partition coefficient (Wildman–Crippen LogP) is 1.36. The summed E-state index contributed by atoms with van der Waals surface area (Å²) in [6.07, 6.45) is 1.45. The first-order valence-electron chi connectivity index (χ1n) is 2.97. The number of pyridine rings is 1. The van der Waals surface area contributed by atoms with Gasteiger partial charge in [0.15, 0.2) is 0 Å². The summed E-state index contributed by atoms with van der Waals surface area (Å²) in [5.41, 5.74) is 2.45. The van der Waals surface area contributed by atoms with Crippen molar-refractivity contribution in [3.05, 3.63) is 26.5 Å². The van der Waals surface area contributed by atoms with E-state index in [1.165, 1.54) is 6.20 Å². The Balaban J connectivity index is 0.00000144. The number of hydrogen-bond acceptors (Lipinski definition) is 3. The largest absolute Gasteiger partial charge is 0.290 e. The van der Waals surface area contributed by atoms with Gasteiger partial charge in [0.05, 0.1) is 9.13 Å². The van der Waals surface area contributed by atoms with E-state index in [1.54, 1.807) is 6.07 Å². The van der Waals surface area contributed by atoms with Crippen LogP contribution in [0.15, 0.2) is 12.3 Å². The van der Waals surface area contributed by atoms with Crippen molar-refractivity contribution in [1.82, 2.24) is 10.4 Å². The van der Waals surface area contributed by atoms with E-state index in [0.717, 1.165) is 0 Å². The molecule has 1 amide bonds. The van der Waals surface area contributed by atoms with Gasteiger partial charge in [-0.1, -0.05) is 11.6 Å². The van der Waals surface area contributed by atoms with Crippen LogP contribution in [-0.2, 0) is 0 Å². The second kappa shape index (κ2) is 5.58. The summed E-state index contributed by atoms with van der Waals surface area (Å²) in [6.45, 7) is 0. The molecule has 4 nitrogen and oxygen atoms in total. The predicted molar refractivity (Wildman–Crippen MR) is 60.9 cm³/mol. The minimum absolute atomic E-state index is 0. The van der Waals surface area contributed by atoms with Crippen molar-refractivity contribution in [2.75, 3.05) is 0 Å². The van der Waals surface area contributed by atoms with Crippen LogP contribution in [0.3, 0.4) is 0 Å². The van der Waals surface area contributed by atoms with Gasteiger partial charge in [0.2, 0.25) is 0 Å². The van der Waals surface area contributed by atoms with E-state index in [2.05, 4.69) is 4.98 Å². The molecule has 0 bridgehead atoms. The fraction of sp³-hybridized carbons (Fsp3) is 0. The minimum atomic E-state index is -0.372. The lowest BCUT2D eigenvalue weighted by Gasteiger charge is -2.02. The Morgan fingerprint density at radius 2 is 2.31 bits per heavy atom. The highest BCUT2D eigenvalue weighted by Crippen LogP contribution is 2.18. The SMILES string of the molecule is Cl.NNC(=O)c1ccnc(Cl)c1I. The molecule has 13 heavy (non-hydrogen) atoms. The summed E-state index contributed by atoms with van der Waals surface area (Å²) in [5.74, 6) is 4.59. The van der Waals surface area contributed by atoms with Gasteiger partial charge in [-0.05, 0) is 28.7 Å². The first-order chi connectivity index (χ1) is 5.66. The number of amides is 1. The summed E-state index contributed by atoms with van der Waals surface area (Å²) in [7, 11) is 0. The third kappa shape index (κ3) is 2.94. The van der Waals surface area contributed by atoms with Gasteiger partial charge in [0, 0.05) is 6.20 Å². The molecular formula is C6H6Cl2IN3O. The smallest absolute Gasteiger partial charge is 0.266 e. The van der Waals surface area contributed by atoms with Crippen LogP contribution < -0.4 is 11.3 Å². The summed E-state index contributed by atoms with van der Waals surface area (Å²) >= 11 is 7.61. The van der Waals surface area contributed by atoms with Gasteiger partial charge in [-0.15, -0.1) is 12.4 Å². The van der Waals surface area contributed by atoms with Crippen molar-refractivity contribution in [3.8, 4) is 0 Å². The lowest BCUT2D eigenvalue weighted by atomic mass is 10.2. The van der Waals surface area contributed by atoms with E-state index in [-0.39, 0.29) is 18.3 Å². The van der Waals surface area contributed by atoms with Gasteiger partial charge < -0.3 is 0 Å². The molecule has 72 valence electrons. The average Bonchev–Trinajstić information content (AvgIpc) is 2.08. The highest BCUT2D eigenvalue weighted by molar-refractivity contribution is 14.1. The summed E-state index contributed by atoms with van der Waals surface area (Å²) in [6, 6.07) is 1.55. The molecule has 0 aliphatic rings. The van der Waals surface area contributed by atoms with Gasteiger partial charge >= 0.3 is 0 Å². The molecule has 0 aliphatic carbocycles. The number of carbonyl (C=O) groups is 1. The Hall–Kier alpha value is -0.110. The second-order valence-electron chi connectivity index (χ2n) is 1.94. The average molecular weight is 334 g/mol. The van der Waals surface area contributed by atoms with Crippen LogP contribution in [0.25, 0.3) is 0 Å². The van der Waals surface area contributed by atoms with Crippen LogP contribution in [0, 0.1) is 3.57 Å². The van der Waals surface area contributed by atoms with E-state index < -0.39 is 0 Å². The first kappa shape index (κ1) is 12.9. The Morgan fingerprint density at radius 1 is 1.69 bits per heavy atom. The van der Waals surface area contributed by atoms with Crippen molar-refractivity contribution in [3.63, 3.8) is 0 Å². The number of nitrogens with zero attached hydrogens (tertiary/aromatic N) is 1. The standard InChI is InChI=1S/C6H5ClIN3O.ClH/c7-5-4(8)3(1-2-10-5)6(12)11-9;/h1-2H,9H2,(H,11,12);1H. The van der Waals surface area contributed by atoms with Crippen molar-refractivity contribution in [1.29, 1.82) is 0 Å². The van der Waals surface area contributed by atoms with E-state index in [9.17, 15) is 4.79 Å². The van der Waals surface area contributed by atoms with E-state index in [4.69, 9.17) is 17.4 Å². The number of hydrogen-bond donors (Lipinski definition) is 2. The molecular weight excluding hydrogens is 328 g/mol. The Bertz CT molecular complexity index is 321. The zero-order valence-corrected chi connectivity index (χ0v) is 9.98. The highest BCUT2D eigenvalue weighted by atomic mass is 127. The molecule has 1 aromatic rings. The molecule has 0 unspecified atom stereocenters. The lowest BCUT2D eigenvalue weighted by molar-refractivity contribution is 0.0952. The molecule has 0 fully saturated rings. The van der Waals surface area contributed by atoms with Crippen LogP contribution >= 0.6 is 46.6 Å². The van der Waals surface area contributed by atoms with Crippen molar-refractivity contribution >= 4 is 52.5 Å². The summed E-state index contributed by atoms with van der Waals surface area (Å²) in [4.78, 5) is 14.9. The zero-order chi connectivity index (χ0) is 9.14. The molecule has 0 atom stereocenters. The Morgan fingerprint density at radius 3 is 2.85 bits per heavy atom. The lowest BCUT2D eigenvalue weighted by Crippen LogP contribution is -2.30. The Labute approximate surface area is 99.8 Å². The number of halogens is 3. The van der Waals surface area contributed by atoms with Crippen molar-refractivity contribution in [2.24, 2.45) is 5.84 Å². The van der Waals surface area contributed by atoms with E-state index >= 15 is 0 Å². The van der Waals surface area contributed by atoms with Crippen molar-refractivity contribution < 1.29 is 4.79 Å². The van der Waals surface area contributed by atoms with Gasteiger partial charge in [-0.3, -0.25) is 10.2 Å². The fourth-order valence-electron chi connectivity index (χ4n) is 0.671. The quantitative estimate of drug-likeness (QED) is 0.268. The topological polar surface area (TPSA) is 68.0 Å². The summed E-state index contributed by atoms with van der Waals surface area (Å²) < 4.78 is 0.597. The minimum Gasteiger partial charge on any atom is -0.290 e. The van der Waals surface area contributed by atoms with Crippen LogP contribution in [0.1, 0.15) is 10.4 Å². The van der Waals surface area contributed by atoms with Gasteiger partial charge in [0.25, 0.3) is 5.91 Å². The monoisotopic (exact) mass is 333 g/mol. The maximum atomic E-state index is 11.1. The molecule has 1 heterocycles. The first-order valence-corrected chi connectivity index (χ1v) is 4.43. The van der Waals surface area contributed by atoms with Crippen LogP contribution in [-0.4, -0.2) is 10.9 Å². The maximum Gasteiger partial charge on any atom is 0.266 e. The number of rotatable bonds is 1. The van der Waals surface area contributed by atoms with E-state index in [0.29, 0.717) is 14.3 Å². The van der Waals surface area contributed by atoms with Gasteiger partial charge in [-0.2, -0.15) is 0 Å². The maximum absolute atomic E-state index is 11.1. The number of nitrogens with two attached hydrogens (primary N) is 1. The fourth-order valence-corrected chi connectivity index (χ4v) is 1.39. The molecule has 0 spiro atoms. The molecule has 0 aromatic carbocycles.